The monoisotopic (exact) mass is 256 g/mol. The van der Waals surface area contributed by atoms with Crippen LogP contribution in [0.4, 0.5) is 0 Å². The normalized spacial score (nSPS) is 18.7. The number of rotatable bonds is 5. The van der Waals surface area contributed by atoms with Crippen molar-refractivity contribution < 1.29 is 0 Å². The summed E-state index contributed by atoms with van der Waals surface area (Å²) in [5.74, 6) is 0.624. The SMILES string of the molecule is CC1=CCC(CN(C)NCc2ccc(C)cc2)C=C1. The first kappa shape index (κ1) is 14.0. The van der Waals surface area contributed by atoms with Gasteiger partial charge in [-0.2, -0.15) is 0 Å². The van der Waals surface area contributed by atoms with Crippen molar-refractivity contribution in [2.45, 2.75) is 26.8 Å². The number of nitrogens with zero attached hydrogens (tertiary/aromatic N) is 1. The van der Waals surface area contributed by atoms with Crippen molar-refractivity contribution in [2.75, 3.05) is 13.6 Å². The molecule has 2 rings (SSSR count). The van der Waals surface area contributed by atoms with Gasteiger partial charge in [0, 0.05) is 20.1 Å². The van der Waals surface area contributed by atoms with Gasteiger partial charge >= 0.3 is 0 Å². The molecule has 1 aliphatic carbocycles. The molecule has 0 spiro atoms. The van der Waals surface area contributed by atoms with E-state index >= 15 is 0 Å². The third kappa shape index (κ3) is 4.66. The first-order chi connectivity index (χ1) is 9.13. The molecule has 0 amide bonds. The van der Waals surface area contributed by atoms with Gasteiger partial charge in [0.25, 0.3) is 0 Å². The number of benzene rings is 1. The van der Waals surface area contributed by atoms with Crippen LogP contribution in [0, 0.1) is 12.8 Å². The molecule has 2 nitrogen and oxygen atoms in total. The van der Waals surface area contributed by atoms with Crippen LogP contribution >= 0.6 is 0 Å². The van der Waals surface area contributed by atoms with Crippen molar-refractivity contribution in [3.8, 4) is 0 Å². The maximum absolute atomic E-state index is 3.46. The summed E-state index contributed by atoms with van der Waals surface area (Å²) in [5, 5.41) is 2.20. The summed E-state index contributed by atoms with van der Waals surface area (Å²) < 4.78 is 0. The maximum atomic E-state index is 3.46. The molecule has 102 valence electrons. The number of hydrazine groups is 1. The number of aryl methyl sites for hydroxylation is 1. The first-order valence-corrected chi connectivity index (χ1v) is 6.98. The summed E-state index contributed by atoms with van der Waals surface area (Å²) in [6.07, 6.45) is 8.01. The predicted octanol–water partition coefficient (Wildman–Crippen LogP) is 3.45. The van der Waals surface area contributed by atoms with Crippen LogP contribution in [-0.4, -0.2) is 18.6 Å². The van der Waals surface area contributed by atoms with Crippen molar-refractivity contribution in [2.24, 2.45) is 5.92 Å². The van der Waals surface area contributed by atoms with Crippen LogP contribution in [0.5, 0.6) is 0 Å². The van der Waals surface area contributed by atoms with Gasteiger partial charge in [-0.25, -0.2) is 5.01 Å². The molecule has 1 aromatic rings. The van der Waals surface area contributed by atoms with Gasteiger partial charge in [0.1, 0.15) is 0 Å². The summed E-state index contributed by atoms with van der Waals surface area (Å²) in [7, 11) is 2.12. The van der Waals surface area contributed by atoms with E-state index in [0.29, 0.717) is 5.92 Å². The van der Waals surface area contributed by atoms with Crippen LogP contribution in [-0.2, 0) is 6.54 Å². The second kappa shape index (κ2) is 6.69. The lowest BCUT2D eigenvalue weighted by Crippen LogP contribution is -2.37. The Morgan fingerprint density at radius 3 is 2.58 bits per heavy atom. The summed E-state index contributed by atoms with van der Waals surface area (Å²) in [6, 6.07) is 8.69. The summed E-state index contributed by atoms with van der Waals surface area (Å²) in [4.78, 5) is 0. The van der Waals surface area contributed by atoms with Crippen LogP contribution in [0.2, 0.25) is 0 Å². The average Bonchev–Trinajstić information content (AvgIpc) is 2.41. The van der Waals surface area contributed by atoms with Gasteiger partial charge in [-0.3, -0.25) is 5.43 Å². The molecule has 1 unspecified atom stereocenters. The maximum Gasteiger partial charge on any atom is 0.0353 e. The van der Waals surface area contributed by atoms with E-state index in [1.54, 1.807) is 0 Å². The highest BCUT2D eigenvalue weighted by molar-refractivity contribution is 5.22. The molecule has 0 heterocycles. The largest absolute Gasteiger partial charge is 0.251 e. The lowest BCUT2D eigenvalue weighted by atomic mass is 9.97. The average molecular weight is 256 g/mol. The molecule has 19 heavy (non-hydrogen) atoms. The zero-order chi connectivity index (χ0) is 13.7. The third-order valence-electron chi connectivity index (χ3n) is 3.56. The second-order valence-corrected chi connectivity index (χ2v) is 5.50. The molecule has 0 fully saturated rings. The molecule has 0 aromatic heterocycles. The molecular formula is C17H24N2. The smallest absolute Gasteiger partial charge is 0.0353 e. The minimum atomic E-state index is 0.624. The fourth-order valence-corrected chi connectivity index (χ4v) is 2.26. The quantitative estimate of drug-likeness (QED) is 0.812. The summed E-state index contributed by atoms with van der Waals surface area (Å²) in [5.41, 5.74) is 7.47. The van der Waals surface area contributed by atoms with E-state index in [9.17, 15) is 0 Å². The Morgan fingerprint density at radius 1 is 1.21 bits per heavy atom. The Hall–Kier alpha value is -1.38. The fraction of sp³-hybridized carbons (Fsp3) is 0.412. The third-order valence-corrected chi connectivity index (χ3v) is 3.56. The molecule has 0 saturated heterocycles. The molecule has 0 radical (unpaired) electrons. The van der Waals surface area contributed by atoms with Crippen molar-refractivity contribution in [1.82, 2.24) is 10.4 Å². The van der Waals surface area contributed by atoms with E-state index in [-0.39, 0.29) is 0 Å². The van der Waals surface area contributed by atoms with Gasteiger partial charge in [0.15, 0.2) is 0 Å². The topological polar surface area (TPSA) is 15.3 Å². The van der Waals surface area contributed by atoms with Crippen LogP contribution in [0.25, 0.3) is 0 Å². The number of allylic oxidation sites excluding steroid dienone is 3. The first-order valence-electron chi connectivity index (χ1n) is 6.98. The van der Waals surface area contributed by atoms with Crippen LogP contribution in [0.3, 0.4) is 0 Å². The molecule has 0 saturated carbocycles. The van der Waals surface area contributed by atoms with E-state index < -0.39 is 0 Å². The van der Waals surface area contributed by atoms with Crippen LogP contribution in [0.1, 0.15) is 24.5 Å². The minimum absolute atomic E-state index is 0.624. The summed E-state index contributed by atoms with van der Waals surface area (Å²) >= 11 is 0. The van der Waals surface area contributed by atoms with E-state index in [1.165, 1.54) is 16.7 Å². The van der Waals surface area contributed by atoms with Gasteiger partial charge in [-0.1, -0.05) is 53.6 Å². The van der Waals surface area contributed by atoms with E-state index in [4.69, 9.17) is 0 Å². The van der Waals surface area contributed by atoms with Gasteiger partial charge in [0.05, 0.1) is 0 Å². The van der Waals surface area contributed by atoms with Crippen LogP contribution in [0.15, 0.2) is 48.1 Å². The van der Waals surface area contributed by atoms with E-state index in [0.717, 1.165) is 19.5 Å². The Kier molecular flexibility index (Phi) is 4.94. The highest BCUT2D eigenvalue weighted by Gasteiger charge is 2.09. The van der Waals surface area contributed by atoms with E-state index in [1.807, 2.05) is 0 Å². The van der Waals surface area contributed by atoms with Crippen molar-refractivity contribution in [3.05, 3.63) is 59.2 Å². The van der Waals surface area contributed by atoms with Gasteiger partial charge in [-0.15, -0.1) is 0 Å². The zero-order valence-electron chi connectivity index (χ0n) is 12.2. The molecule has 0 bridgehead atoms. The molecular weight excluding hydrogens is 232 g/mol. The number of nitrogens with one attached hydrogen (secondary N) is 1. The van der Waals surface area contributed by atoms with Crippen LogP contribution < -0.4 is 5.43 Å². The second-order valence-electron chi connectivity index (χ2n) is 5.50. The Bertz CT molecular complexity index is 457. The van der Waals surface area contributed by atoms with Gasteiger partial charge in [0.2, 0.25) is 0 Å². The Balaban J connectivity index is 1.74. The van der Waals surface area contributed by atoms with Gasteiger partial charge in [-0.05, 0) is 31.7 Å². The predicted molar refractivity (Wildman–Crippen MR) is 81.7 cm³/mol. The Morgan fingerprint density at radius 2 is 1.95 bits per heavy atom. The van der Waals surface area contributed by atoms with Crippen molar-refractivity contribution in [3.63, 3.8) is 0 Å². The molecule has 1 atom stereocenters. The van der Waals surface area contributed by atoms with E-state index in [2.05, 4.69) is 73.8 Å². The van der Waals surface area contributed by atoms with Gasteiger partial charge < -0.3 is 0 Å². The molecule has 1 N–H and O–H groups in total. The standard InChI is InChI=1S/C17H24N2/c1-14-4-8-16(9-5-14)12-18-19(3)13-17-10-6-15(2)7-11-17/h4-10,17-18H,11-13H2,1-3H3. The lowest BCUT2D eigenvalue weighted by Gasteiger charge is -2.23. The summed E-state index contributed by atoms with van der Waals surface area (Å²) in [6.45, 7) is 6.22. The van der Waals surface area contributed by atoms with Crippen molar-refractivity contribution in [1.29, 1.82) is 0 Å². The minimum Gasteiger partial charge on any atom is -0.251 e. The number of hydrogen-bond donors (Lipinski definition) is 1. The molecule has 1 aromatic carbocycles. The highest BCUT2D eigenvalue weighted by atomic mass is 15.5. The molecule has 0 aliphatic heterocycles. The number of hydrogen-bond acceptors (Lipinski definition) is 2. The zero-order valence-corrected chi connectivity index (χ0v) is 12.2. The van der Waals surface area contributed by atoms with Crippen molar-refractivity contribution >= 4 is 0 Å². The Labute approximate surface area is 116 Å². The highest BCUT2D eigenvalue weighted by Crippen LogP contribution is 2.16. The molecule has 1 aliphatic rings. The lowest BCUT2D eigenvalue weighted by molar-refractivity contribution is 0.209. The fourth-order valence-electron chi connectivity index (χ4n) is 2.26. The molecule has 2 heteroatoms.